The van der Waals surface area contributed by atoms with E-state index in [1.165, 1.54) is 0 Å². The molecule has 0 radical (unpaired) electrons. The number of aromatic nitrogens is 1. The van der Waals surface area contributed by atoms with E-state index in [0.29, 0.717) is 13.2 Å². The Bertz CT molecular complexity index is 440. The van der Waals surface area contributed by atoms with Crippen molar-refractivity contribution in [1.29, 1.82) is 0 Å². The summed E-state index contributed by atoms with van der Waals surface area (Å²) in [5.41, 5.74) is 0.0188. The lowest BCUT2D eigenvalue weighted by Gasteiger charge is -2.32. The van der Waals surface area contributed by atoms with Crippen LogP contribution in [0.25, 0.3) is 0 Å². The zero-order valence-electron chi connectivity index (χ0n) is 12.6. The van der Waals surface area contributed by atoms with Gasteiger partial charge < -0.3 is 9.64 Å². The summed E-state index contributed by atoms with van der Waals surface area (Å²) in [6, 6.07) is 5.87. The maximum atomic E-state index is 12.2. The van der Waals surface area contributed by atoms with E-state index in [1.54, 1.807) is 6.20 Å². The van der Waals surface area contributed by atoms with Gasteiger partial charge in [-0.05, 0) is 30.4 Å². The molecule has 0 amide bonds. The second kappa shape index (κ2) is 6.25. The number of rotatable bonds is 3. The number of carbonyl (C=O) groups is 1. The topological polar surface area (TPSA) is 42.4 Å². The third kappa shape index (κ3) is 4.22. The minimum Gasteiger partial charge on any atom is -0.465 e. The standard InChI is InChI=1S/C16H24N2O2/c1-16(2,3)12-20-15(19)13-7-6-10-18(11-13)14-8-4-5-9-17-14/h4-5,8-9,13H,6-7,10-12H2,1-3H3/t13-/m1/s1. The molecular weight excluding hydrogens is 252 g/mol. The number of esters is 1. The van der Waals surface area contributed by atoms with Crippen LogP contribution in [-0.2, 0) is 9.53 Å². The lowest BCUT2D eigenvalue weighted by atomic mass is 9.97. The van der Waals surface area contributed by atoms with Gasteiger partial charge in [0.15, 0.2) is 0 Å². The van der Waals surface area contributed by atoms with Crippen molar-refractivity contribution in [3.63, 3.8) is 0 Å². The van der Waals surface area contributed by atoms with Crippen molar-refractivity contribution in [2.75, 3.05) is 24.6 Å². The van der Waals surface area contributed by atoms with Crippen molar-refractivity contribution < 1.29 is 9.53 Å². The molecule has 0 N–H and O–H groups in total. The van der Waals surface area contributed by atoms with Crippen LogP contribution in [-0.4, -0.2) is 30.6 Å². The summed E-state index contributed by atoms with van der Waals surface area (Å²) in [5, 5.41) is 0. The van der Waals surface area contributed by atoms with E-state index in [-0.39, 0.29) is 17.3 Å². The molecule has 2 heterocycles. The minimum absolute atomic E-state index is 0.0188. The molecule has 2 rings (SSSR count). The number of pyridine rings is 1. The normalized spacial score (nSPS) is 19.8. The van der Waals surface area contributed by atoms with Gasteiger partial charge >= 0.3 is 5.97 Å². The zero-order valence-corrected chi connectivity index (χ0v) is 12.6. The Morgan fingerprint density at radius 3 is 2.90 bits per heavy atom. The van der Waals surface area contributed by atoms with E-state index in [0.717, 1.165) is 25.2 Å². The second-order valence-electron chi connectivity index (χ2n) is 6.64. The van der Waals surface area contributed by atoms with E-state index in [4.69, 9.17) is 4.74 Å². The molecule has 1 atom stereocenters. The van der Waals surface area contributed by atoms with Gasteiger partial charge in [-0.15, -0.1) is 0 Å². The van der Waals surface area contributed by atoms with Crippen molar-refractivity contribution in [2.45, 2.75) is 33.6 Å². The number of hydrogen-bond acceptors (Lipinski definition) is 4. The van der Waals surface area contributed by atoms with E-state index < -0.39 is 0 Å². The van der Waals surface area contributed by atoms with Crippen LogP contribution in [0.1, 0.15) is 33.6 Å². The van der Waals surface area contributed by atoms with Crippen LogP contribution in [0.5, 0.6) is 0 Å². The van der Waals surface area contributed by atoms with Crippen LogP contribution in [0.15, 0.2) is 24.4 Å². The van der Waals surface area contributed by atoms with Crippen LogP contribution in [0.4, 0.5) is 5.82 Å². The molecule has 1 fully saturated rings. The van der Waals surface area contributed by atoms with Gasteiger partial charge in [0.1, 0.15) is 5.82 Å². The van der Waals surface area contributed by atoms with Crippen molar-refractivity contribution >= 4 is 11.8 Å². The Balaban J connectivity index is 1.92. The fraction of sp³-hybridized carbons (Fsp3) is 0.625. The third-order valence-corrected chi connectivity index (χ3v) is 3.38. The molecule has 0 unspecified atom stereocenters. The van der Waals surface area contributed by atoms with Crippen molar-refractivity contribution in [1.82, 2.24) is 4.98 Å². The Morgan fingerprint density at radius 1 is 1.45 bits per heavy atom. The number of ether oxygens (including phenoxy) is 1. The van der Waals surface area contributed by atoms with E-state index >= 15 is 0 Å². The summed E-state index contributed by atoms with van der Waals surface area (Å²) in [5.74, 6) is 0.842. The maximum absolute atomic E-state index is 12.2. The van der Waals surface area contributed by atoms with Crippen molar-refractivity contribution in [2.24, 2.45) is 11.3 Å². The number of anilines is 1. The molecular formula is C16H24N2O2. The van der Waals surface area contributed by atoms with Gasteiger partial charge in [-0.3, -0.25) is 4.79 Å². The molecule has 110 valence electrons. The first-order valence-corrected chi connectivity index (χ1v) is 7.28. The number of nitrogens with zero attached hydrogens (tertiary/aromatic N) is 2. The summed E-state index contributed by atoms with van der Waals surface area (Å²) >= 11 is 0. The Hall–Kier alpha value is -1.58. The maximum Gasteiger partial charge on any atom is 0.310 e. The number of hydrogen-bond donors (Lipinski definition) is 0. The lowest BCUT2D eigenvalue weighted by molar-refractivity contribution is -0.151. The zero-order chi connectivity index (χ0) is 14.6. The highest BCUT2D eigenvalue weighted by Crippen LogP contribution is 2.23. The van der Waals surface area contributed by atoms with Crippen molar-refractivity contribution in [3.8, 4) is 0 Å². The Labute approximate surface area is 121 Å². The van der Waals surface area contributed by atoms with Gasteiger partial charge in [-0.25, -0.2) is 4.98 Å². The molecule has 1 aliphatic rings. The smallest absolute Gasteiger partial charge is 0.310 e. The largest absolute Gasteiger partial charge is 0.465 e. The molecule has 1 saturated heterocycles. The number of carbonyl (C=O) groups excluding carboxylic acids is 1. The first-order valence-electron chi connectivity index (χ1n) is 7.28. The molecule has 0 spiro atoms. The van der Waals surface area contributed by atoms with Gasteiger partial charge in [-0.2, -0.15) is 0 Å². The molecule has 4 heteroatoms. The predicted molar refractivity (Wildman–Crippen MR) is 79.6 cm³/mol. The summed E-state index contributed by atoms with van der Waals surface area (Å²) in [6.45, 7) is 8.36. The average molecular weight is 276 g/mol. The highest BCUT2D eigenvalue weighted by atomic mass is 16.5. The van der Waals surface area contributed by atoms with Crippen molar-refractivity contribution in [3.05, 3.63) is 24.4 Å². The molecule has 1 aliphatic heterocycles. The first-order chi connectivity index (χ1) is 9.46. The molecule has 20 heavy (non-hydrogen) atoms. The molecule has 0 bridgehead atoms. The van der Waals surface area contributed by atoms with Crippen LogP contribution in [0.3, 0.4) is 0 Å². The fourth-order valence-electron chi connectivity index (χ4n) is 2.32. The predicted octanol–water partition coefficient (Wildman–Crippen LogP) is 2.89. The van der Waals surface area contributed by atoms with Gasteiger partial charge in [0.05, 0.1) is 12.5 Å². The van der Waals surface area contributed by atoms with E-state index in [9.17, 15) is 4.79 Å². The van der Waals surface area contributed by atoms with Crippen LogP contribution in [0, 0.1) is 11.3 Å². The SMILES string of the molecule is CC(C)(C)COC(=O)[C@@H]1CCCN(c2ccccn2)C1. The molecule has 1 aromatic rings. The molecule has 0 saturated carbocycles. The van der Waals surface area contributed by atoms with Crippen LogP contribution < -0.4 is 4.90 Å². The van der Waals surface area contributed by atoms with E-state index in [2.05, 4.69) is 30.7 Å². The first kappa shape index (κ1) is 14.8. The number of piperidine rings is 1. The highest BCUT2D eigenvalue weighted by molar-refractivity contribution is 5.73. The molecule has 1 aromatic heterocycles. The summed E-state index contributed by atoms with van der Waals surface area (Å²) < 4.78 is 5.44. The van der Waals surface area contributed by atoms with Crippen LogP contribution >= 0.6 is 0 Å². The van der Waals surface area contributed by atoms with Gasteiger partial charge in [-0.1, -0.05) is 26.8 Å². The highest BCUT2D eigenvalue weighted by Gasteiger charge is 2.28. The quantitative estimate of drug-likeness (QED) is 0.796. The summed E-state index contributed by atoms with van der Waals surface area (Å²) in [4.78, 5) is 18.7. The van der Waals surface area contributed by atoms with Gasteiger partial charge in [0, 0.05) is 19.3 Å². The molecule has 4 nitrogen and oxygen atoms in total. The molecule has 0 aliphatic carbocycles. The Kier molecular flexibility index (Phi) is 4.63. The summed E-state index contributed by atoms with van der Waals surface area (Å²) in [7, 11) is 0. The second-order valence-corrected chi connectivity index (χ2v) is 6.64. The summed E-state index contributed by atoms with van der Waals surface area (Å²) in [6.07, 6.45) is 3.70. The van der Waals surface area contributed by atoms with Gasteiger partial charge in [0.2, 0.25) is 0 Å². The fourth-order valence-corrected chi connectivity index (χ4v) is 2.32. The third-order valence-electron chi connectivity index (χ3n) is 3.38. The van der Waals surface area contributed by atoms with Crippen LogP contribution in [0.2, 0.25) is 0 Å². The average Bonchev–Trinajstić information content (AvgIpc) is 2.45. The molecule has 0 aromatic carbocycles. The van der Waals surface area contributed by atoms with E-state index in [1.807, 2.05) is 18.2 Å². The van der Waals surface area contributed by atoms with Gasteiger partial charge in [0.25, 0.3) is 0 Å². The monoisotopic (exact) mass is 276 g/mol. The Morgan fingerprint density at radius 2 is 2.25 bits per heavy atom. The minimum atomic E-state index is -0.0689. The lowest BCUT2D eigenvalue weighted by Crippen LogP contribution is -2.40.